The standard InChI is InChI=1S/C16H32N4O.HI/c1-14(2)12-18-15(17)19-13-16(6-4-3-5-7-16)20-8-10-21-11-9-20;/h14H,3-13H2,1-2H3,(H3,17,18,19);1H. The van der Waals surface area contributed by atoms with E-state index in [0.29, 0.717) is 11.9 Å². The Balaban J connectivity index is 0.00000242. The van der Waals surface area contributed by atoms with Gasteiger partial charge in [0.15, 0.2) is 5.96 Å². The summed E-state index contributed by atoms with van der Waals surface area (Å²) in [6.45, 7) is 9.85. The topological polar surface area (TPSA) is 62.9 Å². The van der Waals surface area contributed by atoms with E-state index < -0.39 is 0 Å². The van der Waals surface area contributed by atoms with E-state index in [0.717, 1.165) is 39.4 Å². The van der Waals surface area contributed by atoms with Crippen LogP contribution in [0.2, 0.25) is 0 Å². The van der Waals surface area contributed by atoms with E-state index in [1.165, 1.54) is 32.1 Å². The Morgan fingerprint density at radius 1 is 1.23 bits per heavy atom. The molecular formula is C16H33IN4O. The Hall–Kier alpha value is -0.0800. The fourth-order valence-corrected chi connectivity index (χ4v) is 3.42. The number of nitrogens with two attached hydrogens (primary N) is 1. The Kier molecular flexibility index (Phi) is 9.01. The van der Waals surface area contributed by atoms with Gasteiger partial charge in [-0.2, -0.15) is 0 Å². The van der Waals surface area contributed by atoms with Crippen LogP contribution in [-0.4, -0.2) is 55.8 Å². The van der Waals surface area contributed by atoms with Crippen molar-refractivity contribution in [2.75, 3.05) is 39.4 Å². The van der Waals surface area contributed by atoms with E-state index in [1.807, 2.05) is 0 Å². The van der Waals surface area contributed by atoms with Gasteiger partial charge in [0.1, 0.15) is 0 Å². The molecule has 2 aliphatic rings. The molecule has 0 aromatic heterocycles. The van der Waals surface area contributed by atoms with Crippen molar-refractivity contribution in [1.29, 1.82) is 0 Å². The molecule has 3 N–H and O–H groups in total. The van der Waals surface area contributed by atoms with Gasteiger partial charge < -0.3 is 15.8 Å². The van der Waals surface area contributed by atoms with Crippen LogP contribution in [0.4, 0.5) is 0 Å². The highest BCUT2D eigenvalue weighted by Gasteiger charge is 2.38. The summed E-state index contributed by atoms with van der Waals surface area (Å²) in [4.78, 5) is 7.27. The maximum absolute atomic E-state index is 6.02. The first kappa shape index (κ1) is 20.0. The lowest BCUT2D eigenvalue weighted by atomic mass is 9.80. The maximum atomic E-state index is 6.02. The summed E-state index contributed by atoms with van der Waals surface area (Å²) in [5, 5.41) is 3.23. The van der Waals surface area contributed by atoms with Crippen LogP contribution in [0.25, 0.3) is 0 Å². The molecule has 1 heterocycles. The highest BCUT2D eigenvalue weighted by molar-refractivity contribution is 14.0. The zero-order valence-electron chi connectivity index (χ0n) is 14.1. The van der Waals surface area contributed by atoms with Crippen molar-refractivity contribution in [3.63, 3.8) is 0 Å². The predicted molar refractivity (Wildman–Crippen MR) is 103 cm³/mol. The van der Waals surface area contributed by atoms with Gasteiger partial charge in [0.05, 0.1) is 19.8 Å². The number of ether oxygens (including phenoxy) is 1. The molecule has 0 spiro atoms. The Morgan fingerprint density at radius 2 is 1.86 bits per heavy atom. The molecule has 0 bridgehead atoms. The van der Waals surface area contributed by atoms with Gasteiger partial charge >= 0.3 is 0 Å². The van der Waals surface area contributed by atoms with Gasteiger partial charge in [-0.25, -0.2) is 0 Å². The van der Waals surface area contributed by atoms with E-state index in [1.54, 1.807) is 0 Å². The first-order chi connectivity index (χ1) is 10.1. The normalized spacial score (nSPS) is 23.1. The van der Waals surface area contributed by atoms with Crippen LogP contribution >= 0.6 is 24.0 Å². The number of hydrogen-bond acceptors (Lipinski definition) is 3. The Labute approximate surface area is 152 Å². The zero-order chi connectivity index (χ0) is 15.1. The predicted octanol–water partition coefficient (Wildman–Crippen LogP) is 2.20. The van der Waals surface area contributed by atoms with E-state index in [2.05, 4.69) is 29.1 Å². The number of nitrogens with one attached hydrogen (secondary N) is 1. The van der Waals surface area contributed by atoms with Crippen LogP contribution in [-0.2, 0) is 4.74 Å². The molecule has 0 aromatic rings. The van der Waals surface area contributed by atoms with E-state index in [9.17, 15) is 0 Å². The van der Waals surface area contributed by atoms with E-state index in [4.69, 9.17) is 10.5 Å². The highest BCUT2D eigenvalue weighted by atomic mass is 127. The molecule has 0 radical (unpaired) electrons. The molecule has 5 nitrogen and oxygen atoms in total. The third-order valence-corrected chi connectivity index (χ3v) is 4.70. The second-order valence-corrected chi connectivity index (χ2v) is 6.86. The molecule has 1 aliphatic heterocycles. The number of halogens is 1. The molecule has 2 fully saturated rings. The van der Waals surface area contributed by atoms with Gasteiger partial charge in [-0.05, 0) is 18.8 Å². The van der Waals surface area contributed by atoms with E-state index >= 15 is 0 Å². The largest absolute Gasteiger partial charge is 0.379 e. The Morgan fingerprint density at radius 3 is 2.45 bits per heavy atom. The summed E-state index contributed by atoms with van der Waals surface area (Å²) in [7, 11) is 0. The zero-order valence-corrected chi connectivity index (χ0v) is 16.5. The molecule has 6 heteroatoms. The van der Waals surface area contributed by atoms with Gasteiger partial charge in [0, 0.05) is 25.2 Å². The minimum atomic E-state index is 0. The fraction of sp³-hybridized carbons (Fsp3) is 0.938. The summed E-state index contributed by atoms with van der Waals surface area (Å²) in [6.07, 6.45) is 6.47. The van der Waals surface area contributed by atoms with Gasteiger partial charge in [-0.1, -0.05) is 33.1 Å². The van der Waals surface area contributed by atoms with Crippen molar-refractivity contribution in [2.45, 2.75) is 51.5 Å². The minimum Gasteiger partial charge on any atom is -0.379 e. The van der Waals surface area contributed by atoms with Crippen molar-refractivity contribution >= 4 is 29.9 Å². The lowest BCUT2D eigenvalue weighted by molar-refractivity contribution is -0.0333. The third kappa shape index (κ3) is 5.85. The van der Waals surface area contributed by atoms with Crippen LogP contribution in [0.3, 0.4) is 0 Å². The Bertz CT molecular complexity index is 337. The van der Waals surface area contributed by atoms with Gasteiger partial charge in [-0.15, -0.1) is 24.0 Å². The van der Waals surface area contributed by atoms with Gasteiger partial charge in [-0.3, -0.25) is 9.89 Å². The highest BCUT2D eigenvalue weighted by Crippen LogP contribution is 2.34. The molecule has 1 aliphatic carbocycles. The van der Waals surface area contributed by atoms with Crippen LogP contribution in [0.5, 0.6) is 0 Å². The minimum absolute atomic E-state index is 0. The quantitative estimate of drug-likeness (QED) is 0.404. The molecule has 0 amide bonds. The summed E-state index contributed by atoms with van der Waals surface area (Å²) in [5.41, 5.74) is 6.24. The lowest BCUT2D eigenvalue weighted by Crippen LogP contribution is -2.56. The van der Waals surface area contributed by atoms with Gasteiger partial charge in [0.25, 0.3) is 0 Å². The smallest absolute Gasteiger partial charge is 0.188 e. The molecule has 0 unspecified atom stereocenters. The monoisotopic (exact) mass is 424 g/mol. The second-order valence-electron chi connectivity index (χ2n) is 6.86. The summed E-state index contributed by atoms with van der Waals surface area (Å²) < 4.78 is 5.51. The number of aliphatic imine (C=N–C) groups is 1. The lowest BCUT2D eigenvalue weighted by Gasteiger charge is -2.47. The van der Waals surface area contributed by atoms with Crippen molar-refractivity contribution < 1.29 is 4.74 Å². The maximum Gasteiger partial charge on any atom is 0.188 e. The average Bonchev–Trinajstić information content (AvgIpc) is 2.52. The average molecular weight is 424 g/mol. The summed E-state index contributed by atoms with van der Waals surface area (Å²) in [5.74, 6) is 1.18. The van der Waals surface area contributed by atoms with Crippen LogP contribution in [0.15, 0.2) is 4.99 Å². The molecule has 0 atom stereocenters. The van der Waals surface area contributed by atoms with Crippen molar-refractivity contribution in [3.8, 4) is 0 Å². The van der Waals surface area contributed by atoms with Gasteiger partial charge in [0.2, 0.25) is 0 Å². The molecule has 1 saturated heterocycles. The number of rotatable bonds is 5. The van der Waals surface area contributed by atoms with Crippen molar-refractivity contribution in [1.82, 2.24) is 10.2 Å². The molecular weight excluding hydrogens is 391 g/mol. The van der Waals surface area contributed by atoms with Crippen molar-refractivity contribution in [3.05, 3.63) is 0 Å². The molecule has 130 valence electrons. The summed E-state index contributed by atoms with van der Waals surface area (Å²) in [6, 6.07) is 0. The number of morpholine rings is 1. The first-order valence-corrected chi connectivity index (χ1v) is 8.49. The number of guanidine groups is 1. The van der Waals surface area contributed by atoms with E-state index in [-0.39, 0.29) is 29.5 Å². The third-order valence-electron chi connectivity index (χ3n) is 4.70. The van der Waals surface area contributed by atoms with Crippen LogP contribution < -0.4 is 11.1 Å². The number of hydrogen-bond donors (Lipinski definition) is 2. The molecule has 1 saturated carbocycles. The molecule has 2 rings (SSSR count). The SMILES string of the molecule is CC(C)CNC(N)=NCC1(N2CCOCC2)CCCCC1.I. The van der Waals surface area contributed by atoms with Crippen LogP contribution in [0.1, 0.15) is 46.0 Å². The fourth-order valence-electron chi connectivity index (χ4n) is 3.42. The number of nitrogens with zero attached hydrogens (tertiary/aromatic N) is 2. The first-order valence-electron chi connectivity index (χ1n) is 8.49. The molecule has 0 aromatic carbocycles. The molecule has 22 heavy (non-hydrogen) atoms. The van der Waals surface area contributed by atoms with Crippen molar-refractivity contribution in [2.24, 2.45) is 16.6 Å². The van der Waals surface area contributed by atoms with Crippen LogP contribution in [0, 0.1) is 5.92 Å². The second kappa shape index (κ2) is 9.93. The summed E-state index contributed by atoms with van der Waals surface area (Å²) >= 11 is 0.